The summed E-state index contributed by atoms with van der Waals surface area (Å²) in [6.45, 7) is 3.87. The Bertz CT molecular complexity index is 709. The number of hydrogen-bond acceptors (Lipinski definition) is 3. The van der Waals surface area contributed by atoms with Crippen molar-refractivity contribution in [2.24, 2.45) is 5.92 Å². The molecule has 1 aromatic rings. The van der Waals surface area contributed by atoms with Gasteiger partial charge in [-0.1, -0.05) is 44.2 Å². The molecule has 2 heterocycles. The topological polar surface area (TPSA) is 66.5 Å². The molecule has 2 aliphatic heterocycles. The first-order valence-corrected chi connectivity index (χ1v) is 12.0. The Balaban J connectivity index is 1.55. The van der Waals surface area contributed by atoms with Crippen molar-refractivity contribution >= 4 is 22.6 Å². The van der Waals surface area contributed by atoms with Gasteiger partial charge in [0.15, 0.2) is 0 Å². The highest BCUT2D eigenvalue weighted by molar-refractivity contribution is 7.85. The van der Waals surface area contributed by atoms with Crippen LogP contribution in [-0.4, -0.2) is 50.6 Å². The van der Waals surface area contributed by atoms with Crippen molar-refractivity contribution in [2.45, 2.75) is 70.5 Å². The molecule has 1 N–H and O–H groups in total. The number of piperidine rings is 1. The van der Waals surface area contributed by atoms with E-state index in [-0.39, 0.29) is 29.8 Å². The molecule has 28 heavy (non-hydrogen) atoms. The van der Waals surface area contributed by atoms with Crippen LogP contribution in [0.4, 0.5) is 0 Å². The van der Waals surface area contributed by atoms with Crippen LogP contribution in [-0.2, 0) is 26.8 Å². The summed E-state index contributed by atoms with van der Waals surface area (Å²) in [6.07, 6.45) is 5.10. The summed E-state index contributed by atoms with van der Waals surface area (Å²) < 4.78 is 12.6. The third-order valence-electron chi connectivity index (χ3n) is 6.18. The first-order valence-electron chi connectivity index (χ1n) is 10.5. The molecule has 5 atom stereocenters. The predicted octanol–water partition coefficient (Wildman–Crippen LogP) is 2.66. The van der Waals surface area contributed by atoms with E-state index in [4.69, 9.17) is 0 Å². The molecule has 6 heteroatoms. The van der Waals surface area contributed by atoms with Gasteiger partial charge in [-0.3, -0.25) is 13.8 Å². The van der Waals surface area contributed by atoms with Crippen molar-refractivity contribution in [3.8, 4) is 0 Å². The number of nitrogens with zero attached hydrogens (tertiary/aromatic N) is 1. The Morgan fingerprint density at radius 2 is 1.93 bits per heavy atom. The van der Waals surface area contributed by atoms with Gasteiger partial charge >= 0.3 is 0 Å². The van der Waals surface area contributed by atoms with Crippen LogP contribution in [0.15, 0.2) is 30.3 Å². The molecule has 2 saturated heterocycles. The van der Waals surface area contributed by atoms with Gasteiger partial charge in [0.25, 0.3) is 0 Å². The Kier molecular flexibility index (Phi) is 7.27. The normalized spacial score (nSPS) is 26.6. The SMILES string of the molecule is CCC(C)C(=O)N[C@H]1CC[C@H]2CC[C@@H](CS(=O)CCc3ccccc3)N2C1=O. The third-order valence-corrected chi connectivity index (χ3v) is 7.59. The molecule has 1 aromatic carbocycles. The predicted molar refractivity (Wildman–Crippen MR) is 112 cm³/mol. The van der Waals surface area contributed by atoms with E-state index in [1.165, 1.54) is 5.56 Å². The number of hydrogen-bond donors (Lipinski definition) is 1. The fourth-order valence-electron chi connectivity index (χ4n) is 4.24. The zero-order valence-corrected chi connectivity index (χ0v) is 17.7. The third kappa shape index (κ3) is 5.02. The van der Waals surface area contributed by atoms with Crippen LogP contribution in [0.3, 0.4) is 0 Å². The van der Waals surface area contributed by atoms with Crippen LogP contribution in [0.5, 0.6) is 0 Å². The molecule has 0 aromatic heterocycles. The Hall–Kier alpha value is -1.69. The second kappa shape index (κ2) is 9.68. The van der Waals surface area contributed by atoms with Crippen molar-refractivity contribution in [3.63, 3.8) is 0 Å². The zero-order valence-electron chi connectivity index (χ0n) is 16.9. The van der Waals surface area contributed by atoms with Gasteiger partial charge < -0.3 is 10.2 Å². The van der Waals surface area contributed by atoms with E-state index in [1.54, 1.807) is 0 Å². The highest BCUT2D eigenvalue weighted by Crippen LogP contribution is 2.33. The Morgan fingerprint density at radius 3 is 2.64 bits per heavy atom. The first kappa shape index (κ1) is 21.0. The second-order valence-electron chi connectivity index (χ2n) is 8.12. The quantitative estimate of drug-likeness (QED) is 0.724. The average molecular weight is 405 g/mol. The summed E-state index contributed by atoms with van der Waals surface area (Å²) in [5.74, 6) is 1.07. The molecule has 5 nitrogen and oxygen atoms in total. The molecule has 3 rings (SSSR count). The molecular formula is C22H32N2O3S. The lowest BCUT2D eigenvalue weighted by molar-refractivity contribution is -0.142. The van der Waals surface area contributed by atoms with Crippen LogP contribution < -0.4 is 5.32 Å². The maximum atomic E-state index is 13.0. The number of aryl methyl sites for hydroxylation is 1. The molecule has 0 aliphatic carbocycles. The van der Waals surface area contributed by atoms with Crippen molar-refractivity contribution in [3.05, 3.63) is 35.9 Å². The molecule has 2 amide bonds. The number of amides is 2. The van der Waals surface area contributed by atoms with Crippen molar-refractivity contribution in [1.29, 1.82) is 0 Å². The molecule has 0 bridgehead atoms. The minimum absolute atomic E-state index is 0.0236. The van der Waals surface area contributed by atoms with E-state index in [2.05, 4.69) is 17.4 Å². The minimum Gasteiger partial charge on any atom is -0.344 e. The second-order valence-corrected chi connectivity index (χ2v) is 9.75. The van der Waals surface area contributed by atoms with Gasteiger partial charge in [-0.15, -0.1) is 0 Å². The fraction of sp³-hybridized carbons (Fsp3) is 0.636. The van der Waals surface area contributed by atoms with E-state index in [1.807, 2.05) is 36.9 Å². The molecule has 0 radical (unpaired) electrons. The lowest BCUT2D eigenvalue weighted by atomic mass is 9.97. The molecule has 0 spiro atoms. The molecule has 2 fully saturated rings. The van der Waals surface area contributed by atoms with Gasteiger partial charge in [0, 0.05) is 40.3 Å². The number of fused-ring (bicyclic) bond motifs is 1. The van der Waals surface area contributed by atoms with E-state index < -0.39 is 16.8 Å². The highest BCUT2D eigenvalue weighted by atomic mass is 32.2. The number of rotatable bonds is 8. The summed E-state index contributed by atoms with van der Waals surface area (Å²) in [7, 11) is -0.952. The molecular weight excluding hydrogens is 372 g/mol. The van der Waals surface area contributed by atoms with Crippen molar-refractivity contribution in [1.82, 2.24) is 10.2 Å². The fourth-order valence-corrected chi connectivity index (χ4v) is 5.62. The van der Waals surface area contributed by atoms with Gasteiger partial charge in [-0.2, -0.15) is 0 Å². The lowest BCUT2D eigenvalue weighted by Crippen LogP contribution is -2.57. The highest BCUT2D eigenvalue weighted by Gasteiger charge is 2.44. The van der Waals surface area contributed by atoms with E-state index >= 15 is 0 Å². The van der Waals surface area contributed by atoms with Gasteiger partial charge in [-0.05, 0) is 44.1 Å². The monoisotopic (exact) mass is 404 g/mol. The van der Waals surface area contributed by atoms with Gasteiger partial charge in [-0.25, -0.2) is 0 Å². The van der Waals surface area contributed by atoms with Gasteiger partial charge in [0.2, 0.25) is 11.8 Å². The van der Waals surface area contributed by atoms with Crippen molar-refractivity contribution in [2.75, 3.05) is 11.5 Å². The van der Waals surface area contributed by atoms with Gasteiger partial charge in [0.05, 0.1) is 0 Å². The van der Waals surface area contributed by atoms with Crippen LogP contribution in [0.1, 0.15) is 51.5 Å². The summed E-state index contributed by atoms with van der Waals surface area (Å²) in [4.78, 5) is 27.2. The number of carbonyl (C=O) groups excluding carboxylic acids is 2. The number of carbonyl (C=O) groups is 2. The van der Waals surface area contributed by atoms with E-state index in [0.717, 1.165) is 32.1 Å². The van der Waals surface area contributed by atoms with Crippen LogP contribution in [0, 0.1) is 5.92 Å². The lowest BCUT2D eigenvalue weighted by Gasteiger charge is -2.38. The van der Waals surface area contributed by atoms with Crippen LogP contribution >= 0.6 is 0 Å². The summed E-state index contributed by atoms with van der Waals surface area (Å²) in [5.41, 5.74) is 1.20. The molecule has 2 unspecified atom stereocenters. The van der Waals surface area contributed by atoms with Crippen LogP contribution in [0.2, 0.25) is 0 Å². The summed E-state index contributed by atoms with van der Waals surface area (Å²) >= 11 is 0. The number of benzene rings is 1. The minimum atomic E-state index is -0.952. The van der Waals surface area contributed by atoms with Crippen molar-refractivity contribution < 1.29 is 13.8 Å². The maximum Gasteiger partial charge on any atom is 0.245 e. The van der Waals surface area contributed by atoms with Gasteiger partial charge in [0.1, 0.15) is 6.04 Å². The standard InChI is InChI=1S/C22H32N2O3S/c1-3-16(2)21(25)23-20-12-11-18-9-10-19(24(18)22(20)26)15-28(27)14-13-17-7-5-4-6-8-17/h4-8,16,18-20H,3,9-15H2,1-2H3,(H,23,25)/t16?,18-,19+,20+,28?/m1/s1. The Labute approximate surface area is 170 Å². The largest absolute Gasteiger partial charge is 0.344 e. The summed E-state index contributed by atoms with van der Waals surface area (Å²) in [6, 6.07) is 9.97. The van der Waals surface area contributed by atoms with E-state index in [9.17, 15) is 13.8 Å². The molecule has 154 valence electrons. The summed E-state index contributed by atoms with van der Waals surface area (Å²) in [5, 5.41) is 2.95. The number of nitrogens with one attached hydrogen (secondary N) is 1. The Morgan fingerprint density at radius 1 is 1.21 bits per heavy atom. The van der Waals surface area contributed by atoms with Crippen LogP contribution in [0.25, 0.3) is 0 Å². The first-order chi connectivity index (χ1) is 13.5. The average Bonchev–Trinajstić information content (AvgIpc) is 3.12. The molecule has 0 saturated carbocycles. The zero-order chi connectivity index (χ0) is 20.1. The molecule has 2 aliphatic rings. The van der Waals surface area contributed by atoms with E-state index in [0.29, 0.717) is 17.9 Å². The smallest absolute Gasteiger partial charge is 0.245 e. The maximum absolute atomic E-state index is 13.0.